The molecular formula is C16H21N3O2. The minimum absolute atomic E-state index is 0.00990. The van der Waals surface area contributed by atoms with Crippen molar-refractivity contribution >= 4 is 11.8 Å². The lowest BCUT2D eigenvalue weighted by Crippen LogP contribution is -2.30. The quantitative estimate of drug-likeness (QED) is 0.865. The number of carbonyl (C=O) groups is 1. The van der Waals surface area contributed by atoms with Crippen molar-refractivity contribution in [1.82, 2.24) is 4.98 Å². The summed E-state index contributed by atoms with van der Waals surface area (Å²) < 4.78 is 4.80. The van der Waals surface area contributed by atoms with E-state index in [9.17, 15) is 10.1 Å². The fourth-order valence-corrected chi connectivity index (χ4v) is 2.92. The molecule has 1 saturated carbocycles. The highest BCUT2D eigenvalue weighted by Gasteiger charge is 2.27. The van der Waals surface area contributed by atoms with Crippen molar-refractivity contribution in [2.75, 3.05) is 12.4 Å². The van der Waals surface area contributed by atoms with Gasteiger partial charge >= 0.3 is 5.97 Å². The summed E-state index contributed by atoms with van der Waals surface area (Å²) in [5.74, 6) is 0.558. The summed E-state index contributed by atoms with van der Waals surface area (Å²) in [6.45, 7) is 3.85. The van der Waals surface area contributed by atoms with Crippen molar-refractivity contribution in [2.24, 2.45) is 5.92 Å². The number of aryl methyl sites for hydroxylation is 2. The first-order valence-corrected chi connectivity index (χ1v) is 7.28. The molecule has 1 heterocycles. The van der Waals surface area contributed by atoms with Crippen molar-refractivity contribution < 1.29 is 9.53 Å². The van der Waals surface area contributed by atoms with Crippen molar-refractivity contribution in [2.45, 2.75) is 45.6 Å². The summed E-state index contributed by atoms with van der Waals surface area (Å²) in [5, 5.41) is 12.6. The predicted molar refractivity (Wildman–Crippen MR) is 79.8 cm³/mol. The van der Waals surface area contributed by atoms with Gasteiger partial charge in [-0.25, -0.2) is 4.98 Å². The normalized spacial score (nSPS) is 21.4. The third kappa shape index (κ3) is 3.52. The van der Waals surface area contributed by atoms with Crippen LogP contribution in [0.2, 0.25) is 0 Å². The third-order valence-corrected chi connectivity index (χ3v) is 4.06. The summed E-state index contributed by atoms with van der Waals surface area (Å²) in [6.07, 6.45) is 3.41. The van der Waals surface area contributed by atoms with Crippen molar-refractivity contribution in [3.8, 4) is 6.07 Å². The predicted octanol–water partition coefficient (Wildman–Crippen LogP) is 2.71. The van der Waals surface area contributed by atoms with Crippen LogP contribution in [-0.4, -0.2) is 24.1 Å². The van der Waals surface area contributed by atoms with Gasteiger partial charge in [0.2, 0.25) is 0 Å². The van der Waals surface area contributed by atoms with E-state index in [1.165, 1.54) is 7.11 Å². The van der Waals surface area contributed by atoms with E-state index in [1.807, 2.05) is 19.9 Å². The van der Waals surface area contributed by atoms with E-state index in [0.29, 0.717) is 11.4 Å². The van der Waals surface area contributed by atoms with E-state index in [1.54, 1.807) is 0 Å². The Morgan fingerprint density at radius 3 is 2.62 bits per heavy atom. The van der Waals surface area contributed by atoms with Crippen LogP contribution in [0.15, 0.2) is 6.07 Å². The van der Waals surface area contributed by atoms with Gasteiger partial charge in [0.15, 0.2) is 0 Å². The monoisotopic (exact) mass is 287 g/mol. The standard InChI is InChI=1S/C16H21N3O2/c1-10-8-11(2)18-15(14(10)9-17)19-13-6-4-12(5-7-13)16(20)21-3/h8,12-13H,4-7H2,1-3H3,(H,18,19). The number of anilines is 1. The Morgan fingerprint density at radius 2 is 2.05 bits per heavy atom. The SMILES string of the molecule is COC(=O)C1CCC(Nc2nc(C)cc(C)c2C#N)CC1. The van der Waals surface area contributed by atoms with Crippen LogP contribution in [0, 0.1) is 31.1 Å². The summed E-state index contributed by atoms with van der Waals surface area (Å²) in [7, 11) is 1.44. The summed E-state index contributed by atoms with van der Waals surface area (Å²) in [4.78, 5) is 16.0. The number of carbonyl (C=O) groups excluding carboxylic acids is 1. The number of nitrogens with zero attached hydrogens (tertiary/aromatic N) is 2. The molecule has 1 N–H and O–H groups in total. The molecule has 112 valence electrons. The minimum Gasteiger partial charge on any atom is -0.469 e. The van der Waals surface area contributed by atoms with E-state index in [2.05, 4.69) is 16.4 Å². The van der Waals surface area contributed by atoms with E-state index in [4.69, 9.17) is 4.74 Å². The topological polar surface area (TPSA) is 75.0 Å². The Balaban J connectivity index is 2.04. The van der Waals surface area contributed by atoms with Crippen LogP contribution in [0.25, 0.3) is 0 Å². The van der Waals surface area contributed by atoms with Crippen LogP contribution in [0.5, 0.6) is 0 Å². The summed E-state index contributed by atoms with van der Waals surface area (Å²) in [6, 6.07) is 4.39. The molecule has 0 atom stereocenters. The first-order chi connectivity index (χ1) is 10.0. The average molecular weight is 287 g/mol. The van der Waals surface area contributed by atoms with Gasteiger partial charge in [-0.05, 0) is 51.2 Å². The molecule has 1 aliphatic carbocycles. The molecule has 0 amide bonds. The van der Waals surface area contributed by atoms with Gasteiger partial charge in [-0.3, -0.25) is 4.79 Å². The molecule has 1 aromatic heterocycles. The summed E-state index contributed by atoms with van der Waals surface area (Å²) in [5.41, 5.74) is 2.45. The number of nitrogens with one attached hydrogen (secondary N) is 1. The second kappa shape index (κ2) is 6.57. The Hall–Kier alpha value is -2.09. The van der Waals surface area contributed by atoms with Gasteiger partial charge in [0.05, 0.1) is 18.6 Å². The fraction of sp³-hybridized carbons (Fsp3) is 0.562. The first-order valence-electron chi connectivity index (χ1n) is 7.28. The number of pyridine rings is 1. The molecule has 5 heteroatoms. The highest BCUT2D eigenvalue weighted by Crippen LogP contribution is 2.28. The van der Waals surface area contributed by atoms with Crippen LogP contribution in [0.1, 0.15) is 42.5 Å². The maximum Gasteiger partial charge on any atom is 0.308 e. The molecule has 0 aromatic carbocycles. The second-order valence-corrected chi connectivity index (χ2v) is 5.63. The van der Waals surface area contributed by atoms with E-state index < -0.39 is 0 Å². The fourth-order valence-electron chi connectivity index (χ4n) is 2.92. The maximum atomic E-state index is 11.5. The van der Waals surface area contributed by atoms with Crippen LogP contribution in [0.4, 0.5) is 5.82 Å². The van der Waals surface area contributed by atoms with Crippen molar-refractivity contribution in [3.05, 3.63) is 22.9 Å². The zero-order valence-corrected chi connectivity index (χ0v) is 12.8. The molecule has 0 radical (unpaired) electrons. The lowest BCUT2D eigenvalue weighted by Gasteiger charge is -2.28. The Kier molecular flexibility index (Phi) is 4.79. The number of esters is 1. The van der Waals surface area contributed by atoms with Gasteiger partial charge in [0.25, 0.3) is 0 Å². The molecule has 21 heavy (non-hydrogen) atoms. The third-order valence-electron chi connectivity index (χ3n) is 4.06. The lowest BCUT2D eigenvalue weighted by atomic mass is 9.86. The zero-order chi connectivity index (χ0) is 15.4. The van der Waals surface area contributed by atoms with Crippen molar-refractivity contribution in [1.29, 1.82) is 5.26 Å². The molecule has 0 bridgehead atoms. The molecule has 1 aliphatic rings. The number of hydrogen-bond acceptors (Lipinski definition) is 5. The van der Waals surface area contributed by atoms with Crippen LogP contribution in [0.3, 0.4) is 0 Å². The van der Waals surface area contributed by atoms with Gasteiger partial charge in [-0.2, -0.15) is 5.26 Å². The molecule has 1 aromatic rings. The molecule has 2 rings (SSSR count). The molecular weight excluding hydrogens is 266 g/mol. The van der Waals surface area contributed by atoms with Gasteiger partial charge in [0, 0.05) is 11.7 Å². The molecule has 0 spiro atoms. The molecule has 1 fully saturated rings. The smallest absolute Gasteiger partial charge is 0.308 e. The summed E-state index contributed by atoms with van der Waals surface area (Å²) >= 11 is 0. The van der Waals surface area contributed by atoms with E-state index in [-0.39, 0.29) is 17.9 Å². The van der Waals surface area contributed by atoms with Gasteiger partial charge in [-0.15, -0.1) is 0 Å². The number of nitriles is 1. The van der Waals surface area contributed by atoms with E-state index >= 15 is 0 Å². The van der Waals surface area contributed by atoms with Crippen LogP contribution < -0.4 is 5.32 Å². The molecule has 0 aliphatic heterocycles. The van der Waals surface area contributed by atoms with Gasteiger partial charge in [-0.1, -0.05) is 0 Å². The second-order valence-electron chi connectivity index (χ2n) is 5.63. The van der Waals surface area contributed by atoms with Crippen molar-refractivity contribution in [3.63, 3.8) is 0 Å². The minimum atomic E-state index is -0.115. The maximum absolute atomic E-state index is 11.5. The largest absolute Gasteiger partial charge is 0.469 e. The Bertz CT molecular complexity index is 570. The Labute approximate surface area is 125 Å². The molecule has 0 unspecified atom stereocenters. The number of methoxy groups -OCH3 is 1. The number of aromatic nitrogens is 1. The first kappa shape index (κ1) is 15.3. The zero-order valence-electron chi connectivity index (χ0n) is 12.8. The number of hydrogen-bond donors (Lipinski definition) is 1. The lowest BCUT2D eigenvalue weighted by molar-refractivity contribution is -0.146. The Morgan fingerprint density at radius 1 is 1.38 bits per heavy atom. The van der Waals surface area contributed by atoms with Gasteiger partial charge in [0.1, 0.15) is 11.9 Å². The number of rotatable bonds is 3. The van der Waals surface area contributed by atoms with Crippen LogP contribution >= 0.6 is 0 Å². The number of ether oxygens (including phenoxy) is 1. The molecule has 5 nitrogen and oxygen atoms in total. The average Bonchev–Trinajstić information content (AvgIpc) is 2.47. The van der Waals surface area contributed by atoms with Crippen LogP contribution in [-0.2, 0) is 9.53 Å². The van der Waals surface area contributed by atoms with Gasteiger partial charge < -0.3 is 10.1 Å². The highest BCUT2D eigenvalue weighted by molar-refractivity contribution is 5.72. The highest BCUT2D eigenvalue weighted by atomic mass is 16.5. The molecule has 0 saturated heterocycles. The van der Waals surface area contributed by atoms with E-state index in [0.717, 1.165) is 36.9 Å².